The fourth-order valence-electron chi connectivity index (χ4n) is 2.15. The van der Waals surface area contributed by atoms with E-state index >= 15 is 0 Å². The van der Waals surface area contributed by atoms with Crippen LogP contribution in [0.5, 0.6) is 0 Å². The Bertz CT molecular complexity index is 334. The van der Waals surface area contributed by atoms with E-state index in [9.17, 15) is 5.11 Å². The van der Waals surface area contributed by atoms with Crippen molar-refractivity contribution in [3.8, 4) is 0 Å². The maximum absolute atomic E-state index is 9.96. The second-order valence-electron chi connectivity index (χ2n) is 4.36. The second-order valence-corrected chi connectivity index (χ2v) is 5.27. The average molecular weight is 285 g/mol. The van der Waals surface area contributed by atoms with E-state index in [4.69, 9.17) is 4.74 Å². The Hall–Kier alpha value is -0.380. The van der Waals surface area contributed by atoms with Crippen LogP contribution in [0.4, 0.5) is 0 Å². The molecule has 0 saturated carbocycles. The van der Waals surface area contributed by atoms with Gasteiger partial charge in [-0.05, 0) is 43.4 Å². The lowest BCUT2D eigenvalue weighted by atomic mass is 10.0. The first-order valence-corrected chi connectivity index (χ1v) is 6.57. The van der Waals surface area contributed by atoms with Crippen LogP contribution in [0.2, 0.25) is 0 Å². The molecule has 1 fully saturated rings. The molecule has 0 aliphatic carbocycles. The highest BCUT2D eigenvalue weighted by atomic mass is 79.9. The number of aliphatic hydroxyl groups is 1. The summed E-state index contributed by atoms with van der Waals surface area (Å²) in [5.41, 5.74) is 1.17. The van der Waals surface area contributed by atoms with Gasteiger partial charge in [-0.25, -0.2) is 0 Å². The minimum Gasteiger partial charge on any atom is -0.393 e. The summed E-state index contributed by atoms with van der Waals surface area (Å²) in [6.45, 7) is 0.855. The first kappa shape index (κ1) is 12.1. The number of hydrogen-bond donors (Lipinski definition) is 1. The Morgan fingerprint density at radius 3 is 3.06 bits per heavy atom. The zero-order chi connectivity index (χ0) is 11.4. The first-order chi connectivity index (χ1) is 7.74. The SMILES string of the molecule is OC(Cc1cccc(Br)c1)CC1CCCO1. The normalized spacial score (nSPS) is 22.2. The van der Waals surface area contributed by atoms with E-state index in [1.807, 2.05) is 18.2 Å². The lowest BCUT2D eigenvalue weighted by molar-refractivity contribution is 0.0541. The Kier molecular flexibility index (Phi) is 4.38. The highest BCUT2D eigenvalue weighted by Gasteiger charge is 2.19. The van der Waals surface area contributed by atoms with Crippen LogP contribution >= 0.6 is 15.9 Å². The van der Waals surface area contributed by atoms with Crippen LogP contribution in [0.25, 0.3) is 0 Å². The van der Waals surface area contributed by atoms with Gasteiger partial charge in [0.2, 0.25) is 0 Å². The molecule has 2 rings (SSSR count). The third-order valence-corrected chi connectivity index (χ3v) is 3.41. The van der Waals surface area contributed by atoms with E-state index in [2.05, 4.69) is 22.0 Å². The molecule has 0 bridgehead atoms. The lowest BCUT2D eigenvalue weighted by Gasteiger charge is -2.15. The third kappa shape index (κ3) is 3.58. The lowest BCUT2D eigenvalue weighted by Crippen LogP contribution is -2.19. The monoisotopic (exact) mass is 284 g/mol. The first-order valence-electron chi connectivity index (χ1n) is 5.78. The van der Waals surface area contributed by atoms with Gasteiger partial charge < -0.3 is 9.84 Å². The molecule has 0 aromatic heterocycles. The molecule has 2 nitrogen and oxygen atoms in total. The minimum atomic E-state index is -0.294. The smallest absolute Gasteiger partial charge is 0.0605 e. The zero-order valence-electron chi connectivity index (χ0n) is 9.23. The summed E-state index contributed by atoms with van der Waals surface area (Å²) in [5.74, 6) is 0. The van der Waals surface area contributed by atoms with E-state index in [0.29, 0.717) is 6.42 Å². The molecule has 2 unspecified atom stereocenters. The summed E-state index contributed by atoms with van der Waals surface area (Å²) < 4.78 is 6.58. The molecule has 2 atom stereocenters. The molecule has 3 heteroatoms. The van der Waals surface area contributed by atoms with E-state index in [1.165, 1.54) is 5.56 Å². The van der Waals surface area contributed by atoms with Gasteiger partial charge in [-0.2, -0.15) is 0 Å². The Morgan fingerprint density at radius 2 is 2.38 bits per heavy atom. The van der Waals surface area contributed by atoms with Gasteiger partial charge in [0.05, 0.1) is 12.2 Å². The zero-order valence-corrected chi connectivity index (χ0v) is 10.8. The summed E-state index contributed by atoms with van der Waals surface area (Å²) in [6.07, 6.45) is 3.66. The second kappa shape index (κ2) is 5.80. The molecule has 1 aromatic carbocycles. The summed E-state index contributed by atoms with van der Waals surface area (Å²) in [6, 6.07) is 8.09. The van der Waals surface area contributed by atoms with Gasteiger partial charge in [-0.3, -0.25) is 0 Å². The predicted octanol–water partition coefficient (Wildman–Crippen LogP) is 2.92. The topological polar surface area (TPSA) is 29.5 Å². The van der Waals surface area contributed by atoms with E-state index in [0.717, 1.165) is 30.3 Å². The van der Waals surface area contributed by atoms with Crippen molar-refractivity contribution in [2.75, 3.05) is 6.61 Å². The number of aliphatic hydroxyl groups excluding tert-OH is 1. The van der Waals surface area contributed by atoms with E-state index in [-0.39, 0.29) is 12.2 Å². The molecule has 1 aliphatic heterocycles. The molecule has 1 saturated heterocycles. The minimum absolute atomic E-state index is 0.266. The van der Waals surface area contributed by atoms with Crippen molar-refractivity contribution in [1.29, 1.82) is 0 Å². The summed E-state index contributed by atoms with van der Waals surface area (Å²) in [5, 5.41) is 9.96. The highest BCUT2D eigenvalue weighted by Crippen LogP contribution is 2.19. The van der Waals surface area contributed by atoms with Crippen LogP contribution in [-0.2, 0) is 11.2 Å². The Morgan fingerprint density at radius 1 is 1.50 bits per heavy atom. The number of rotatable bonds is 4. The third-order valence-electron chi connectivity index (χ3n) is 2.92. The molecule has 0 amide bonds. The largest absolute Gasteiger partial charge is 0.393 e. The van der Waals surface area contributed by atoms with Crippen molar-refractivity contribution in [3.05, 3.63) is 34.3 Å². The molecule has 0 radical (unpaired) electrons. The van der Waals surface area contributed by atoms with E-state index in [1.54, 1.807) is 0 Å². The molecule has 1 aliphatic rings. The van der Waals surface area contributed by atoms with Crippen molar-refractivity contribution in [2.45, 2.75) is 37.9 Å². The Labute approximate surface area is 105 Å². The highest BCUT2D eigenvalue weighted by molar-refractivity contribution is 9.10. The van der Waals surface area contributed by atoms with Crippen molar-refractivity contribution in [2.24, 2.45) is 0 Å². The van der Waals surface area contributed by atoms with Gasteiger partial charge in [0.1, 0.15) is 0 Å². The Balaban J connectivity index is 1.84. The summed E-state index contributed by atoms with van der Waals surface area (Å²) in [4.78, 5) is 0. The van der Waals surface area contributed by atoms with Gasteiger partial charge in [-0.1, -0.05) is 28.1 Å². The van der Waals surface area contributed by atoms with Crippen LogP contribution < -0.4 is 0 Å². The van der Waals surface area contributed by atoms with Crippen molar-refractivity contribution in [3.63, 3.8) is 0 Å². The van der Waals surface area contributed by atoms with Gasteiger partial charge in [-0.15, -0.1) is 0 Å². The summed E-state index contributed by atoms with van der Waals surface area (Å²) >= 11 is 3.43. The molecular formula is C13H17BrO2. The van der Waals surface area contributed by atoms with Crippen molar-refractivity contribution in [1.82, 2.24) is 0 Å². The fraction of sp³-hybridized carbons (Fsp3) is 0.538. The van der Waals surface area contributed by atoms with Crippen LogP contribution in [0, 0.1) is 0 Å². The van der Waals surface area contributed by atoms with Crippen LogP contribution in [0.15, 0.2) is 28.7 Å². The van der Waals surface area contributed by atoms with Crippen molar-refractivity contribution >= 4 is 15.9 Å². The number of halogens is 1. The molecule has 0 spiro atoms. The molecule has 1 heterocycles. The number of ether oxygens (including phenoxy) is 1. The molecular weight excluding hydrogens is 268 g/mol. The number of benzene rings is 1. The van der Waals surface area contributed by atoms with Gasteiger partial charge in [0.15, 0.2) is 0 Å². The van der Waals surface area contributed by atoms with Gasteiger partial charge >= 0.3 is 0 Å². The van der Waals surface area contributed by atoms with Gasteiger partial charge in [0, 0.05) is 11.1 Å². The average Bonchev–Trinajstić information content (AvgIpc) is 2.70. The van der Waals surface area contributed by atoms with Crippen LogP contribution in [0.1, 0.15) is 24.8 Å². The molecule has 88 valence electrons. The van der Waals surface area contributed by atoms with Crippen molar-refractivity contribution < 1.29 is 9.84 Å². The maximum atomic E-state index is 9.96. The molecule has 1 aromatic rings. The fourth-order valence-corrected chi connectivity index (χ4v) is 2.60. The summed E-state index contributed by atoms with van der Waals surface area (Å²) in [7, 11) is 0. The van der Waals surface area contributed by atoms with E-state index < -0.39 is 0 Å². The standard InChI is InChI=1S/C13H17BrO2/c14-11-4-1-3-10(7-11)8-12(15)9-13-5-2-6-16-13/h1,3-4,7,12-13,15H,2,5-6,8-9H2. The predicted molar refractivity (Wildman–Crippen MR) is 67.4 cm³/mol. The molecule has 1 N–H and O–H groups in total. The maximum Gasteiger partial charge on any atom is 0.0605 e. The van der Waals surface area contributed by atoms with Crippen LogP contribution in [-0.4, -0.2) is 23.9 Å². The quantitative estimate of drug-likeness (QED) is 0.921. The van der Waals surface area contributed by atoms with Crippen LogP contribution in [0.3, 0.4) is 0 Å². The number of hydrogen-bond acceptors (Lipinski definition) is 2. The van der Waals surface area contributed by atoms with Gasteiger partial charge in [0.25, 0.3) is 0 Å². The molecule has 16 heavy (non-hydrogen) atoms.